The second-order valence-electron chi connectivity index (χ2n) is 5.35. The Hall–Kier alpha value is -1.47. The summed E-state index contributed by atoms with van der Waals surface area (Å²) in [5.74, 6) is 0.227. The van der Waals surface area contributed by atoms with Crippen molar-refractivity contribution in [3.05, 3.63) is 56.0 Å². The molecule has 0 saturated heterocycles. The molecule has 2 rings (SSSR count). The second-order valence-corrected chi connectivity index (χ2v) is 7.04. The highest BCUT2D eigenvalue weighted by atomic mass is 79.9. The number of nitrogens with one attached hydrogen (secondary N) is 1. The largest absolute Gasteiger partial charge is 0.490 e. The van der Waals surface area contributed by atoms with Crippen molar-refractivity contribution in [3.8, 4) is 11.5 Å². The Balaban J connectivity index is 2.15. The summed E-state index contributed by atoms with van der Waals surface area (Å²) in [5.41, 5.74) is 1.67. The molecule has 0 amide bonds. The third-order valence-corrected chi connectivity index (χ3v) is 4.73. The average Bonchev–Trinajstić information content (AvgIpc) is 2.57. The van der Waals surface area contributed by atoms with Gasteiger partial charge in [-0.3, -0.25) is 4.79 Å². The Morgan fingerprint density at radius 2 is 1.88 bits per heavy atom. The molecule has 0 unspecified atom stereocenters. The molecule has 26 heavy (non-hydrogen) atoms. The fourth-order valence-electron chi connectivity index (χ4n) is 2.19. The van der Waals surface area contributed by atoms with Crippen molar-refractivity contribution >= 4 is 45.1 Å². The summed E-state index contributed by atoms with van der Waals surface area (Å²) in [5, 5.41) is 12.7. The van der Waals surface area contributed by atoms with E-state index in [-0.39, 0.29) is 13.2 Å². The number of hydrogen-bond donors (Lipinski definition) is 2. The lowest BCUT2D eigenvalue weighted by atomic mass is 10.2. The molecule has 0 bridgehead atoms. The zero-order valence-electron chi connectivity index (χ0n) is 14.0. The lowest BCUT2D eigenvalue weighted by Gasteiger charge is -2.16. The van der Waals surface area contributed by atoms with Crippen molar-refractivity contribution in [1.29, 1.82) is 0 Å². The zero-order valence-corrected chi connectivity index (χ0v) is 17.1. The first-order valence-electron chi connectivity index (χ1n) is 7.85. The van der Waals surface area contributed by atoms with Crippen LogP contribution in [-0.4, -0.2) is 24.2 Å². The molecule has 2 N–H and O–H groups in total. The number of benzene rings is 2. The van der Waals surface area contributed by atoms with Gasteiger partial charge in [0.15, 0.2) is 11.5 Å². The molecule has 0 heterocycles. The number of hydrogen-bond acceptors (Lipinski definition) is 4. The van der Waals surface area contributed by atoms with Crippen molar-refractivity contribution in [2.24, 2.45) is 0 Å². The first-order valence-corrected chi connectivity index (χ1v) is 9.40. The second kappa shape index (κ2) is 10.0. The summed E-state index contributed by atoms with van der Waals surface area (Å²) in [4.78, 5) is 10.6. The maximum absolute atomic E-state index is 10.6. The van der Waals surface area contributed by atoms with Crippen LogP contribution in [0.25, 0.3) is 0 Å². The molecule has 0 fully saturated rings. The Morgan fingerprint density at radius 3 is 2.54 bits per heavy atom. The van der Waals surface area contributed by atoms with Crippen LogP contribution in [0.2, 0.25) is 10.0 Å². The Bertz CT molecular complexity index is 786. The molecule has 0 aliphatic rings. The van der Waals surface area contributed by atoms with Gasteiger partial charge in [-0.2, -0.15) is 0 Å². The number of rotatable bonds is 9. The van der Waals surface area contributed by atoms with Gasteiger partial charge >= 0.3 is 5.97 Å². The normalized spacial score (nSPS) is 10.6. The van der Waals surface area contributed by atoms with E-state index in [2.05, 4.69) is 21.2 Å². The van der Waals surface area contributed by atoms with Crippen molar-refractivity contribution in [2.75, 3.05) is 13.2 Å². The van der Waals surface area contributed by atoms with E-state index in [0.717, 1.165) is 15.6 Å². The molecule has 0 aliphatic heterocycles. The topological polar surface area (TPSA) is 67.8 Å². The zero-order chi connectivity index (χ0) is 19.1. The summed E-state index contributed by atoms with van der Waals surface area (Å²) in [6.45, 7) is 2.88. The third kappa shape index (κ3) is 6.06. The monoisotopic (exact) mass is 461 g/mol. The lowest BCUT2D eigenvalue weighted by molar-refractivity contribution is -0.135. The summed E-state index contributed by atoms with van der Waals surface area (Å²) in [6.07, 6.45) is 0. The maximum atomic E-state index is 10.6. The highest BCUT2D eigenvalue weighted by Crippen LogP contribution is 2.35. The van der Waals surface area contributed by atoms with Gasteiger partial charge in [-0.1, -0.05) is 45.2 Å². The van der Waals surface area contributed by atoms with Crippen LogP contribution in [0.1, 0.15) is 18.1 Å². The van der Waals surface area contributed by atoms with Gasteiger partial charge in [0.25, 0.3) is 0 Å². The van der Waals surface area contributed by atoms with Crippen LogP contribution < -0.4 is 14.8 Å². The molecule has 5 nitrogen and oxygen atoms in total. The Labute approximate surface area is 170 Å². The summed E-state index contributed by atoms with van der Waals surface area (Å²) < 4.78 is 12.3. The van der Waals surface area contributed by atoms with Gasteiger partial charge in [0.05, 0.1) is 13.2 Å². The minimum absolute atomic E-state index is 0.121. The number of carboxylic acids is 1. The molecule has 0 aliphatic carbocycles. The molecule has 140 valence electrons. The van der Waals surface area contributed by atoms with Gasteiger partial charge in [-0.05, 0) is 36.8 Å². The van der Waals surface area contributed by atoms with Crippen molar-refractivity contribution in [3.63, 3.8) is 0 Å². The summed E-state index contributed by atoms with van der Waals surface area (Å²) in [7, 11) is 0. The molecule has 0 radical (unpaired) electrons. The fourth-order valence-corrected chi connectivity index (χ4v) is 3.12. The van der Waals surface area contributed by atoms with E-state index >= 15 is 0 Å². The van der Waals surface area contributed by atoms with Crippen molar-refractivity contribution in [1.82, 2.24) is 5.32 Å². The molecule has 2 aromatic rings. The Kier molecular flexibility index (Phi) is 8.03. The van der Waals surface area contributed by atoms with E-state index < -0.39 is 5.97 Å². The number of carboxylic acid groups (broad SMARTS) is 1. The molecule has 2 aromatic carbocycles. The molecule has 8 heteroatoms. The standard InChI is InChI=1S/C18H18BrCl2NO4/c1-2-25-16-5-12(8-22-9-18(23)24)14(19)7-17(16)26-10-11-3-4-13(20)6-15(11)21/h3-7,22H,2,8-10H2,1H3,(H,23,24). The van der Waals surface area contributed by atoms with E-state index in [1.165, 1.54) is 0 Å². The van der Waals surface area contributed by atoms with E-state index in [0.29, 0.717) is 34.7 Å². The molecular formula is C18H18BrCl2NO4. The minimum atomic E-state index is -0.911. The molecule has 0 aromatic heterocycles. The van der Waals surface area contributed by atoms with E-state index in [4.69, 9.17) is 37.8 Å². The van der Waals surface area contributed by atoms with Crippen LogP contribution in [0.3, 0.4) is 0 Å². The first-order chi connectivity index (χ1) is 12.4. The van der Waals surface area contributed by atoms with Crippen LogP contribution >= 0.6 is 39.1 Å². The van der Waals surface area contributed by atoms with Gasteiger partial charge in [-0.15, -0.1) is 0 Å². The van der Waals surface area contributed by atoms with Gasteiger partial charge in [-0.25, -0.2) is 0 Å². The number of aliphatic carboxylic acids is 1. The highest BCUT2D eigenvalue weighted by Gasteiger charge is 2.12. The smallest absolute Gasteiger partial charge is 0.317 e. The molecular weight excluding hydrogens is 445 g/mol. The average molecular weight is 463 g/mol. The fraction of sp³-hybridized carbons (Fsp3) is 0.278. The van der Waals surface area contributed by atoms with Crippen LogP contribution in [-0.2, 0) is 17.9 Å². The van der Waals surface area contributed by atoms with E-state index in [1.54, 1.807) is 18.2 Å². The van der Waals surface area contributed by atoms with Gasteiger partial charge < -0.3 is 19.9 Å². The van der Waals surface area contributed by atoms with Crippen LogP contribution in [0.15, 0.2) is 34.8 Å². The predicted molar refractivity (Wildman–Crippen MR) is 105 cm³/mol. The minimum Gasteiger partial charge on any atom is -0.490 e. The summed E-state index contributed by atoms with van der Waals surface area (Å²) >= 11 is 15.6. The van der Waals surface area contributed by atoms with Gasteiger partial charge in [0, 0.05) is 26.6 Å². The van der Waals surface area contributed by atoms with Crippen LogP contribution in [0, 0.1) is 0 Å². The van der Waals surface area contributed by atoms with Gasteiger partial charge in [0.2, 0.25) is 0 Å². The van der Waals surface area contributed by atoms with Crippen LogP contribution in [0.5, 0.6) is 11.5 Å². The molecule has 0 atom stereocenters. The predicted octanol–water partition coefficient (Wildman–Crippen LogP) is 4.91. The number of ether oxygens (including phenoxy) is 2. The maximum Gasteiger partial charge on any atom is 0.317 e. The Morgan fingerprint density at radius 1 is 1.15 bits per heavy atom. The van der Waals surface area contributed by atoms with Crippen molar-refractivity contribution < 1.29 is 19.4 Å². The van der Waals surface area contributed by atoms with E-state index in [9.17, 15) is 4.79 Å². The van der Waals surface area contributed by atoms with Crippen molar-refractivity contribution in [2.45, 2.75) is 20.1 Å². The third-order valence-electron chi connectivity index (χ3n) is 3.40. The highest BCUT2D eigenvalue weighted by molar-refractivity contribution is 9.10. The SMILES string of the molecule is CCOc1cc(CNCC(=O)O)c(Br)cc1OCc1ccc(Cl)cc1Cl. The van der Waals surface area contributed by atoms with Gasteiger partial charge in [0.1, 0.15) is 6.61 Å². The van der Waals surface area contributed by atoms with Crippen LogP contribution in [0.4, 0.5) is 0 Å². The molecule has 0 saturated carbocycles. The lowest BCUT2D eigenvalue weighted by Crippen LogP contribution is -2.22. The molecule has 0 spiro atoms. The van der Waals surface area contributed by atoms with E-state index in [1.807, 2.05) is 19.1 Å². The summed E-state index contributed by atoms with van der Waals surface area (Å²) in [6, 6.07) is 8.85. The number of carbonyl (C=O) groups is 1. The first kappa shape index (κ1) is 20.8. The number of halogens is 3. The quantitative estimate of drug-likeness (QED) is 0.554.